The topological polar surface area (TPSA) is 16.1 Å². The van der Waals surface area contributed by atoms with E-state index >= 15 is 0 Å². The predicted octanol–water partition coefficient (Wildman–Crippen LogP) is 3.28. The van der Waals surface area contributed by atoms with Gasteiger partial charge in [-0.2, -0.15) is 0 Å². The maximum absolute atomic E-state index is 6.02. The zero-order valence-corrected chi connectivity index (χ0v) is 11.0. The summed E-state index contributed by atoms with van der Waals surface area (Å²) in [6.07, 6.45) is 2.73. The number of rotatable bonds is 4. The fourth-order valence-corrected chi connectivity index (χ4v) is 2.43. The van der Waals surface area contributed by atoms with Crippen molar-refractivity contribution in [1.82, 2.24) is 4.98 Å². The minimum Gasteiger partial charge on any atom is -0.359 e. The fraction of sp³-hybridized carbons (Fsp3) is 0.615. The molecule has 0 saturated heterocycles. The first-order valence-electron chi connectivity index (χ1n) is 5.86. The molecule has 2 rings (SSSR count). The smallest absolute Gasteiger partial charge is 0.133 e. The summed E-state index contributed by atoms with van der Waals surface area (Å²) in [7, 11) is 2.12. The number of aryl methyl sites for hydroxylation is 2. The average Bonchev–Trinajstić information content (AvgIpc) is 3.00. The minimum atomic E-state index is 0.545. The van der Waals surface area contributed by atoms with Gasteiger partial charge in [-0.15, -0.1) is 11.6 Å². The van der Waals surface area contributed by atoms with Gasteiger partial charge in [-0.25, -0.2) is 4.98 Å². The van der Waals surface area contributed by atoms with Crippen LogP contribution in [0.25, 0.3) is 0 Å². The molecule has 88 valence electrons. The summed E-state index contributed by atoms with van der Waals surface area (Å²) in [4.78, 5) is 6.89. The highest BCUT2D eigenvalue weighted by Gasteiger charge is 2.24. The van der Waals surface area contributed by atoms with Gasteiger partial charge in [0.1, 0.15) is 5.82 Å². The molecular formula is C13H19ClN2. The molecule has 1 aromatic heterocycles. The third-order valence-corrected chi connectivity index (χ3v) is 3.45. The molecule has 1 fully saturated rings. The lowest BCUT2D eigenvalue weighted by atomic mass is 10.1. The SMILES string of the molecule is Cc1cc(C)c(CCl)c(N(C)CC2CC2)n1. The minimum absolute atomic E-state index is 0.545. The van der Waals surface area contributed by atoms with Crippen LogP contribution in [-0.4, -0.2) is 18.6 Å². The Bertz CT molecular complexity index is 386. The highest BCUT2D eigenvalue weighted by atomic mass is 35.5. The molecule has 0 bridgehead atoms. The third kappa shape index (κ3) is 2.49. The summed E-state index contributed by atoms with van der Waals surface area (Å²) in [5.41, 5.74) is 3.50. The van der Waals surface area contributed by atoms with E-state index in [9.17, 15) is 0 Å². The standard InChI is InChI=1S/C13H19ClN2/c1-9-6-10(2)15-13(12(9)7-14)16(3)8-11-4-5-11/h6,11H,4-5,7-8H2,1-3H3. The van der Waals surface area contributed by atoms with Gasteiger partial charge in [-0.3, -0.25) is 0 Å². The lowest BCUT2D eigenvalue weighted by Crippen LogP contribution is -2.23. The van der Waals surface area contributed by atoms with E-state index in [-0.39, 0.29) is 0 Å². The van der Waals surface area contributed by atoms with Gasteiger partial charge in [-0.05, 0) is 44.2 Å². The molecule has 0 spiro atoms. The van der Waals surface area contributed by atoms with Crippen LogP contribution in [0.5, 0.6) is 0 Å². The molecule has 0 aliphatic heterocycles. The van der Waals surface area contributed by atoms with Crippen molar-refractivity contribution in [2.75, 3.05) is 18.5 Å². The molecule has 1 heterocycles. The molecule has 1 aromatic rings. The van der Waals surface area contributed by atoms with Crippen molar-refractivity contribution in [2.45, 2.75) is 32.6 Å². The van der Waals surface area contributed by atoms with Gasteiger partial charge in [0.25, 0.3) is 0 Å². The van der Waals surface area contributed by atoms with Gasteiger partial charge in [0.15, 0.2) is 0 Å². The van der Waals surface area contributed by atoms with Crippen molar-refractivity contribution in [1.29, 1.82) is 0 Å². The first-order valence-corrected chi connectivity index (χ1v) is 6.39. The summed E-state index contributed by atoms with van der Waals surface area (Å²) < 4.78 is 0. The monoisotopic (exact) mass is 238 g/mol. The molecule has 1 aliphatic rings. The van der Waals surface area contributed by atoms with Crippen LogP contribution >= 0.6 is 11.6 Å². The normalized spacial score (nSPS) is 15.2. The molecule has 2 nitrogen and oxygen atoms in total. The van der Waals surface area contributed by atoms with E-state index in [1.54, 1.807) is 0 Å². The Morgan fingerprint density at radius 1 is 1.44 bits per heavy atom. The van der Waals surface area contributed by atoms with Crippen molar-refractivity contribution < 1.29 is 0 Å². The van der Waals surface area contributed by atoms with Crippen molar-refractivity contribution >= 4 is 17.4 Å². The second-order valence-electron chi connectivity index (χ2n) is 4.84. The van der Waals surface area contributed by atoms with E-state index in [1.165, 1.54) is 24.0 Å². The van der Waals surface area contributed by atoms with Crippen molar-refractivity contribution in [3.8, 4) is 0 Å². The second kappa shape index (κ2) is 4.62. The van der Waals surface area contributed by atoms with Crippen molar-refractivity contribution in [3.05, 3.63) is 22.9 Å². The van der Waals surface area contributed by atoms with Crippen LogP contribution in [0.2, 0.25) is 0 Å². The molecule has 1 aliphatic carbocycles. The van der Waals surface area contributed by atoms with Gasteiger partial charge < -0.3 is 4.90 Å². The molecule has 3 heteroatoms. The Morgan fingerprint density at radius 2 is 2.12 bits per heavy atom. The summed E-state index contributed by atoms with van der Waals surface area (Å²) >= 11 is 6.02. The highest BCUT2D eigenvalue weighted by Crippen LogP contribution is 2.32. The first-order chi connectivity index (χ1) is 7.61. The van der Waals surface area contributed by atoms with Crippen LogP contribution in [0.1, 0.15) is 29.7 Å². The Labute approximate surface area is 103 Å². The van der Waals surface area contributed by atoms with Gasteiger partial charge in [0, 0.05) is 24.8 Å². The Kier molecular flexibility index (Phi) is 3.38. The molecule has 0 atom stereocenters. The molecule has 1 saturated carbocycles. The van der Waals surface area contributed by atoms with E-state index in [0.717, 1.165) is 24.0 Å². The zero-order chi connectivity index (χ0) is 11.7. The van der Waals surface area contributed by atoms with Gasteiger partial charge in [-0.1, -0.05) is 0 Å². The largest absolute Gasteiger partial charge is 0.359 e. The van der Waals surface area contributed by atoms with E-state index in [1.807, 2.05) is 6.92 Å². The van der Waals surface area contributed by atoms with Crippen LogP contribution in [0.4, 0.5) is 5.82 Å². The Hall–Kier alpha value is -0.760. The predicted molar refractivity (Wildman–Crippen MR) is 69.3 cm³/mol. The second-order valence-corrected chi connectivity index (χ2v) is 5.11. The van der Waals surface area contributed by atoms with Crippen molar-refractivity contribution in [3.63, 3.8) is 0 Å². The van der Waals surface area contributed by atoms with Gasteiger partial charge >= 0.3 is 0 Å². The van der Waals surface area contributed by atoms with Crippen LogP contribution < -0.4 is 4.90 Å². The van der Waals surface area contributed by atoms with Crippen molar-refractivity contribution in [2.24, 2.45) is 5.92 Å². The van der Waals surface area contributed by atoms with Crippen LogP contribution in [0.3, 0.4) is 0 Å². The molecule has 0 radical (unpaired) electrons. The number of anilines is 1. The number of nitrogens with zero attached hydrogens (tertiary/aromatic N) is 2. The average molecular weight is 239 g/mol. The Morgan fingerprint density at radius 3 is 2.69 bits per heavy atom. The zero-order valence-electron chi connectivity index (χ0n) is 10.3. The number of halogens is 1. The van der Waals surface area contributed by atoms with E-state index in [0.29, 0.717) is 5.88 Å². The molecule has 0 unspecified atom stereocenters. The highest BCUT2D eigenvalue weighted by molar-refractivity contribution is 6.17. The van der Waals surface area contributed by atoms with Crippen LogP contribution in [-0.2, 0) is 5.88 Å². The van der Waals surface area contributed by atoms with E-state index in [4.69, 9.17) is 11.6 Å². The quantitative estimate of drug-likeness (QED) is 0.749. The molecular weight excluding hydrogens is 220 g/mol. The summed E-state index contributed by atoms with van der Waals surface area (Å²) in [5.74, 6) is 2.49. The number of hydrogen-bond acceptors (Lipinski definition) is 2. The molecule has 0 aromatic carbocycles. The lowest BCUT2D eigenvalue weighted by molar-refractivity contribution is 0.771. The van der Waals surface area contributed by atoms with Gasteiger partial charge in [0.2, 0.25) is 0 Å². The summed E-state index contributed by atoms with van der Waals surface area (Å²) in [5, 5.41) is 0. The van der Waals surface area contributed by atoms with Gasteiger partial charge in [0.05, 0.1) is 5.88 Å². The summed E-state index contributed by atoms with van der Waals surface area (Å²) in [6.45, 7) is 5.26. The number of hydrogen-bond donors (Lipinski definition) is 0. The number of pyridine rings is 1. The lowest BCUT2D eigenvalue weighted by Gasteiger charge is -2.22. The molecule has 0 N–H and O–H groups in total. The maximum Gasteiger partial charge on any atom is 0.133 e. The third-order valence-electron chi connectivity index (χ3n) is 3.18. The summed E-state index contributed by atoms with van der Waals surface area (Å²) in [6, 6.07) is 2.10. The number of aromatic nitrogens is 1. The Balaban J connectivity index is 2.28. The molecule has 16 heavy (non-hydrogen) atoms. The molecule has 0 amide bonds. The first kappa shape index (κ1) is 11.7. The van der Waals surface area contributed by atoms with Crippen LogP contribution in [0.15, 0.2) is 6.07 Å². The fourth-order valence-electron chi connectivity index (χ4n) is 2.10. The van der Waals surface area contributed by atoms with E-state index in [2.05, 4.69) is 29.9 Å². The number of alkyl halides is 1. The van der Waals surface area contributed by atoms with Crippen LogP contribution in [0, 0.1) is 19.8 Å². The van der Waals surface area contributed by atoms with E-state index < -0.39 is 0 Å². The maximum atomic E-state index is 6.02.